The van der Waals surface area contributed by atoms with Gasteiger partial charge in [0.2, 0.25) is 0 Å². The summed E-state index contributed by atoms with van der Waals surface area (Å²) < 4.78 is 6.36. The molecule has 1 rings (SSSR count). The van der Waals surface area contributed by atoms with Gasteiger partial charge in [-0.25, -0.2) is 9.48 Å². The molecule has 0 spiro atoms. The summed E-state index contributed by atoms with van der Waals surface area (Å²) in [5, 5.41) is 13.6. The molecule has 1 aromatic heterocycles. The summed E-state index contributed by atoms with van der Waals surface area (Å²) in [6, 6.07) is 0. The van der Waals surface area contributed by atoms with E-state index in [-0.39, 0.29) is 19.0 Å². The van der Waals surface area contributed by atoms with E-state index in [1.54, 1.807) is 6.92 Å². The Hall–Kier alpha value is -1.21. The van der Waals surface area contributed by atoms with E-state index in [4.69, 9.17) is 15.6 Å². The maximum Gasteiger partial charge on any atom is 0.344 e. The van der Waals surface area contributed by atoms with Gasteiger partial charge in [0.1, 0.15) is 16.4 Å². The molecular formula is C10H17N3O3S. The third-order valence-corrected chi connectivity index (χ3v) is 2.88. The number of aromatic nitrogens is 2. The molecule has 0 saturated carbocycles. The van der Waals surface area contributed by atoms with Crippen LogP contribution in [0.4, 0.5) is 5.82 Å². The van der Waals surface area contributed by atoms with Crippen LogP contribution in [-0.2, 0) is 11.3 Å². The van der Waals surface area contributed by atoms with E-state index in [1.165, 1.54) is 16.4 Å². The number of thioether (sulfide) groups is 1. The first-order valence-electron chi connectivity index (χ1n) is 5.42. The average Bonchev–Trinajstić information content (AvgIpc) is 2.57. The highest BCUT2D eigenvalue weighted by Gasteiger charge is 2.23. The number of anilines is 1. The first kappa shape index (κ1) is 13.9. The Kier molecular flexibility index (Phi) is 5.30. The molecule has 0 fully saturated rings. The minimum atomic E-state index is -0.467. The molecule has 7 heteroatoms. The first-order chi connectivity index (χ1) is 8.15. The van der Waals surface area contributed by atoms with E-state index in [2.05, 4.69) is 5.10 Å². The summed E-state index contributed by atoms with van der Waals surface area (Å²) in [6.07, 6.45) is 0. The fourth-order valence-corrected chi connectivity index (χ4v) is 2.11. The number of aliphatic hydroxyl groups excluding tert-OH is 1. The van der Waals surface area contributed by atoms with Crippen LogP contribution in [0.25, 0.3) is 0 Å². The number of nitrogens with two attached hydrogens (primary N) is 1. The lowest BCUT2D eigenvalue weighted by Crippen LogP contribution is -2.11. The van der Waals surface area contributed by atoms with Gasteiger partial charge >= 0.3 is 5.97 Å². The van der Waals surface area contributed by atoms with Crippen molar-refractivity contribution in [2.24, 2.45) is 0 Å². The lowest BCUT2D eigenvalue weighted by molar-refractivity contribution is 0.0523. The van der Waals surface area contributed by atoms with Gasteiger partial charge in [-0.15, -0.1) is 11.8 Å². The van der Waals surface area contributed by atoms with Crippen molar-refractivity contribution in [3.63, 3.8) is 0 Å². The van der Waals surface area contributed by atoms with Crippen molar-refractivity contribution >= 4 is 23.5 Å². The number of aliphatic hydroxyl groups is 1. The number of nitrogen functional groups attached to an aromatic ring is 1. The molecule has 17 heavy (non-hydrogen) atoms. The molecule has 1 heterocycles. The van der Waals surface area contributed by atoms with Gasteiger partial charge in [-0.05, 0) is 12.7 Å². The van der Waals surface area contributed by atoms with Gasteiger partial charge < -0.3 is 15.6 Å². The molecule has 0 unspecified atom stereocenters. The molecule has 0 saturated heterocycles. The van der Waals surface area contributed by atoms with Crippen LogP contribution in [0.15, 0.2) is 5.03 Å². The van der Waals surface area contributed by atoms with Crippen LogP contribution in [0.2, 0.25) is 0 Å². The van der Waals surface area contributed by atoms with Crippen molar-refractivity contribution in [1.29, 1.82) is 0 Å². The Labute approximate surface area is 104 Å². The van der Waals surface area contributed by atoms with Crippen molar-refractivity contribution in [3.05, 3.63) is 5.56 Å². The number of carbonyl (C=O) groups excluding carboxylic acids is 1. The van der Waals surface area contributed by atoms with Crippen molar-refractivity contribution in [1.82, 2.24) is 9.78 Å². The Morgan fingerprint density at radius 2 is 2.29 bits per heavy atom. The predicted molar refractivity (Wildman–Crippen MR) is 66.1 cm³/mol. The lowest BCUT2D eigenvalue weighted by Gasteiger charge is -2.03. The third-order valence-electron chi connectivity index (χ3n) is 2.03. The molecule has 0 aliphatic heterocycles. The van der Waals surface area contributed by atoms with Crippen LogP contribution in [0, 0.1) is 0 Å². The molecule has 0 atom stereocenters. The molecule has 0 aliphatic rings. The Bertz CT molecular complexity index is 392. The van der Waals surface area contributed by atoms with Gasteiger partial charge in [0.15, 0.2) is 0 Å². The van der Waals surface area contributed by atoms with E-state index in [1.807, 2.05) is 6.92 Å². The fraction of sp³-hybridized carbons (Fsp3) is 0.600. The number of nitrogens with zero attached hydrogens (tertiary/aromatic N) is 2. The number of carbonyl (C=O) groups is 1. The number of rotatable bonds is 6. The summed E-state index contributed by atoms with van der Waals surface area (Å²) in [6.45, 7) is 4.17. The molecule has 0 amide bonds. The zero-order valence-electron chi connectivity index (χ0n) is 9.97. The molecule has 0 aliphatic carbocycles. The van der Waals surface area contributed by atoms with Crippen molar-refractivity contribution in [2.75, 3.05) is 24.7 Å². The van der Waals surface area contributed by atoms with Crippen molar-refractivity contribution in [3.8, 4) is 0 Å². The summed E-state index contributed by atoms with van der Waals surface area (Å²) in [5.41, 5.74) is 6.13. The lowest BCUT2D eigenvalue weighted by atomic mass is 10.3. The van der Waals surface area contributed by atoms with Gasteiger partial charge in [-0.1, -0.05) is 6.92 Å². The second-order valence-electron chi connectivity index (χ2n) is 3.17. The number of hydrogen-bond acceptors (Lipinski definition) is 6. The molecule has 1 aromatic rings. The number of ether oxygens (including phenoxy) is 1. The Morgan fingerprint density at radius 1 is 1.59 bits per heavy atom. The highest BCUT2D eigenvalue weighted by atomic mass is 32.2. The second-order valence-corrected chi connectivity index (χ2v) is 4.42. The zero-order chi connectivity index (χ0) is 12.8. The normalized spacial score (nSPS) is 10.5. The summed E-state index contributed by atoms with van der Waals surface area (Å²) >= 11 is 1.42. The van der Waals surface area contributed by atoms with Gasteiger partial charge in [-0.2, -0.15) is 5.10 Å². The van der Waals surface area contributed by atoms with Gasteiger partial charge in [-0.3, -0.25) is 0 Å². The smallest absolute Gasteiger partial charge is 0.344 e. The maximum absolute atomic E-state index is 11.7. The van der Waals surface area contributed by atoms with Gasteiger partial charge in [0.25, 0.3) is 0 Å². The standard InChI is InChI=1S/C10H17N3O3S/c1-3-16-10(15)7-8(11)13(5-6-14)12-9(7)17-4-2/h14H,3-6,11H2,1-2H3. The highest BCUT2D eigenvalue weighted by molar-refractivity contribution is 7.99. The largest absolute Gasteiger partial charge is 0.462 e. The number of hydrogen-bond donors (Lipinski definition) is 2. The van der Waals surface area contributed by atoms with Crippen LogP contribution < -0.4 is 5.73 Å². The maximum atomic E-state index is 11.7. The fourth-order valence-electron chi connectivity index (χ4n) is 1.35. The molecular weight excluding hydrogens is 242 g/mol. The van der Waals surface area contributed by atoms with E-state index in [0.717, 1.165) is 5.75 Å². The van der Waals surface area contributed by atoms with E-state index in [9.17, 15) is 4.79 Å². The number of esters is 1. The highest BCUT2D eigenvalue weighted by Crippen LogP contribution is 2.27. The average molecular weight is 259 g/mol. The van der Waals surface area contributed by atoms with Crippen LogP contribution in [0.1, 0.15) is 24.2 Å². The van der Waals surface area contributed by atoms with E-state index < -0.39 is 5.97 Å². The monoisotopic (exact) mass is 259 g/mol. The minimum Gasteiger partial charge on any atom is -0.462 e. The van der Waals surface area contributed by atoms with Gasteiger partial charge in [0, 0.05) is 0 Å². The SMILES string of the molecule is CCOC(=O)c1c(SCC)nn(CCO)c1N. The molecule has 0 radical (unpaired) electrons. The van der Waals surface area contributed by atoms with Crippen LogP contribution in [-0.4, -0.2) is 39.8 Å². The van der Waals surface area contributed by atoms with E-state index >= 15 is 0 Å². The topological polar surface area (TPSA) is 90.4 Å². The summed E-state index contributed by atoms with van der Waals surface area (Å²) in [5.74, 6) is 0.556. The molecule has 96 valence electrons. The van der Waals surface area contributed by atoms with Crippen molar-refractivity contribution < 1.29 is 14.6 Å². The molecule has 6 nitrogen and oxygen atoms in total. The van der Waals surface area contributed by atoms with Gasteiger partial charge in [0.05, 0.1) is 19.8 Å². The first-order valence-corrected chi connectivity index (χ1v) is 6.41. The quantitative estimate of drug-likeness (QED) is 0.578. The van der Waals surface area contributed by atoms with Crippen LogP contribution in [0.5, 0.6) is 0 Å². The molecule has 0 bridgehead atoms. The molecule has 0 aromatic carbocycles. The van der Waals surface area contributed by atoms with E-state index in [0.29, 0.717) is 17.2 Å². The van der Waals surface area contributed by atoms with Crippen LogP contribution in [0.3, 0.4) is 0 Å². The minimum absolute atomic E-state index is 0.0790. The summed E-state index contributed by atoms with van der Waals surface area (Å²) in [4.78, 5) is 11.7. The molecule has 3 N–H and O–H groups in total. The van der Waals surface area contributed by atoms with Crippen molar-refractivity contribution in [2.45, 2.75) is 25.4 Å². The Balaban J connectivity index is 3.09. The second kappa shape index (κ2) is 6.51. The third kappa shape index (κ3) is 3.13. The van der Waals surface area contributed by atoms with Crippen LogP contribution >= 0.6 is 11.8 Å². The summed E-state index contributed by atoms with van der Waals surface area (Å²) in [7, 11) is 0. The zero-order valence-corrected chi connectivity index (χ0v) is 10.8. The predicted octanol–water partition coefficient (Wildman–Crippen LogP) is 0.746. The Morgan fingerprint density at radius 3 is 2.82 bits per heavy atom.